The molecule has 1 aliphatic rings. The molecule has 0 saturated heterocycles. The van der Waals surface area contributed by atoms with Crippen LogP contribution in [0.1, 0.15) is 33.3 Å². The SMILES string of the molecule is C=C\C=C/C(=C\C=C)C(=C1C(/C=C\C)=C(/C=C\C)Oc2ccccc2/1)/C(/C=C\C)=C/C=C\C. The second-order valence-electron chi connectivity index (χ2n) is 7.23. The summed E-state index contributed by atoms with van der Waals surface area (Å²) in [7, 11) is 0. The molecule has 1 aromatic rings. The zero-order valence-electron chi connectivity index (χ0n) is 20.2. The molecule has 0 aliphatic carbocycles. The molecule has 0 saturated carbocycles. The first-order chi connectivity index (χ1) is 16.2. The minimum Gasteiger partial charge on any atom is -0.456 e. The van der Waals surface area contributed by atoms with Crippen LogP contribution in [-0.2, 0) is 0 Å². The van der Waals surface area contributed by atoms with Crippen LogP contribution in [-0.4, -0.2) is 0 Å². The molecule has 1 nitrogen and oxygen atoms in total. The van der Waals surface area contributed by atoms with Crippen LogP contribution in [0, 0.1) is 0 Å². The Bertz CT molecular complexity index is 1130. The summed E-state index contributed by atoms with van der Waals surface area (Å²) in [6.07, 6.45) is 28.3. The van der Waals surface area contributed by atoms with E-state index in [4.69, 9.17) is 4.74 Å². The summed E-state index contributed by atoms with van der Waals surface area (Å²) in [4.78, 5) is 0. The minimum absolute atomic E-state index is 0.818. The Morgan fingerprint density at radius 3 is 2.12 bits per heavy atom. The van der Waals surface area contributed by atoms with E-state index in [0.29, 0.717) is 0 Å². The lowest BCUT2D eigenvalue weighted by Crippen LogP contribution is -2.11. The fraction of sp³-hybridized carbons (Fsp3) is 0.125. The van der Waals surface area contributed by atoms with Gasteiger partial charge in [0.2, 0.25) is 0 Å². The van der Waals surface area contributed by atoms with Gasteiger partial charge in [-0.05, 0) is 56.6 Å². The van der Waals surface area contributed by atoms with Crippen LogP contribution in [0.15, 0.2) is 151 Å². The Hall–Kier alpha value is -3.84. The number of ether oxygens (including phenoxy) is 1. The highest BCUT2D eigenvalue weighted by molar-refractivity contribution is 5.94. The lowest BCUT2D eigenvalue weighted by atomic mass is 9.82. The summed E-state index contributed by atoms with van der Waals surface area (Å²) >= 11 is 0. The number of fused-ring (bicyclic) bond motifs is 1. The number of rotatable bonds is 9. The van der Waals surface area contributed by atoms with E-state index >= 15 is 0 Å². The molecule has 0 unspecified atom stereocenters. The first kappa shape index (κ1) is 25.4. The average molecular weight is 435 g/mol. The molecule has 0 spiro atoms. The Labute approximate surface area is 199 Å². The van der Waals surface area contributed by atoms with Crippen LogP contribution in [0.4, 0.5) is 0 Å². The van der Waals surface area contributed by atoms with E-state index in [0.717, 1.165) is 44.9 Å². The van der Waals surface area contributed by atoms with E-state index in [2.05, 4.69) is 67.8 Å². The van der Waals surface area contributed by atoms with E-state index in [9.17, 15) is 0 Å². The second kappa shape index (κ2) is 13.5. The van der Waals surface area contributed by atoms with Crippen LogP contribution >= 0.6 is 0 Å². The van der Waals surface area contributed by atoms with Gasteiger partial charge in [-0.1, -0.05) is 110 Å². The summed E-state index contributed by atoms with van der Waals surface area (Å²) in [5, 5.41) is 0. The van der Waals surface area contributed by atoms with Crippen molar-refractivity contribution in [3.63, 3.8) is 0 Å². The van der Waals surface area contributed by atoms with Crippen LogP contribution in [0.25, 0.3) is 5.57 Å². The van der Waals surface area contributed by atoms with E-state index < -0.39 is 0 Å². The normalized spacial score (nSPS) is 17.0. The number of hydrogen-bond acceptors (Lipinski definition) is 1. The molecule has 1 heteroatoms. The third kappa shape index (κ3) is 6.33. The molecule has 0 aromatic heterocycles. The van der Waals surface area contributed by atoms with Crippen molar-refractivity contribution in [1.82, 2.24) is 0 Å². The summed E-state index contributed by atoms with van der Waals surface area (Å²) in [5.74, 6) is 1.65. The molecule has 0 fully saturated rings. The molecule has 1 aromatic carbocycles. The summed E-state index contributed by atoms with van der Waals surface area (Å²) in [5.41, 5.74) is 6.40. The van der Waals surface area contributed by atoms with Crippen LogP contribution in [0.5, 0.6) is 5.75 Å². The van der Waals surface area contributed by atoms with Crippen molar-refractivity contribution < 1.29 is 4.74 Å². The van der Waals surface area contributed by atoms with E-state index in [1.807, 2.05) is 76.3 Å². The zero-order valence-corrected chi connectivity index (χ0v) is 20.2. The number of benzene rings is 1. The maximum atomic E-state index is 6.34. The molecule has 168 valence electrons. The van der Waals surface area contributed by atoms with Gasteiger partial charge in [0.05, 0.1) is 0 Å². The monoisotopic (exact) mass is 434 g/mol. The average Bonchev–Trinajstić information content (AvgIpc) is 2.82. The number of hydrogen-bond donors (Lipinski definition) is 0. The lowest BCUT2D eigenvalue weighted by molar-refractivity contribution is 0.435. The maximum absolute atomic E-state index is 6.34. The molecule has 0 bridgehead atoms. The van der Waals surface area contributed by atoms with Crippen LogP contribution < -0.4 is 4.74 Å². The third-order valence-electron chi connectivity index (χ3n) is 4.91. The van der Waals surface area contributed by atoms with Crippen molar-refractivity contribution >= 4 is 5.57 Å². The molecule has 0 N–H and O–H groups in total. The van der Waals surface area contributed by atoms with E-state index in [1.54, 1.807) is 6.08 Å². The molecule has 0 atom stereocenters. The van der Waals surface area contributed by atoms with Crippen molar-refractivity contribution in [1.29, 1.82) is 0 Å². The van der Waals surface area contributed by atoms with Crippen molar-refractivity contribution in [3.8, 4) is 5.75 Å². The molecule has 0 radical (unpaired) electrons. The Morgan fingerprint density at radius 1 is 0.758 bits per heavy atom. The maximum Gasteiger partial charge on any atom is 0.135 e. The molecule has 33 heavy (non-hydrogen) atoms. The fourth-order valence-corrected chi connectivity index (χ4v) is 3.66. The first-order valence-electron chi connectivity index (χ1n) is 11.3. The Morgan fingerprint density at radius 2 is 1.48 bits per heavy atom. The lowest BCUT2D eigenvalue weighted by Gasteiger charge is -2.27. The van der Waals surface area contributed by atoms with Gasteiger partial charge in [0.25, 0.3) is 0 Å². The largest absolute Gasteiger partial charge is 0.456 e. The highest BCUT2D eigenvalue weighted by Crippen LogP contribution is 2.45. The molecule has 0 amide bonds. The van der Waals surface area contributed by atoms with Crippen molar-refractivity contribution in [2.75, 3.05) is 0 Å². The Kier molecular flexibility index (Phi) is 10.4. The standard InChI is InChI=1S/C32H34O/c1-7-13-21-25(17-9-3)31(26(18-10-4)22-14-8-2)32-27(19-11-5)29(20-12-6)33-30-24-16-15-23-28(30)32/h7-24H,1,3H2,2,4-6H3/b14-8-,18-10-,19-11-,20-12-,21-13-,25-17+,26-22+,32-31+. The molecular weight excluding hydrogens is 400 g/mol. The van der Waals surface area contributed by atoms with Crippen molar-refractivity contribution in [2.24, 2.45) is 0 Å². The van der Waals surface area contributed by atoms with Gasteiger partial charge in [-0.2, -0.15) is 0 Å². The highest BCUT2D eigenvalue weighted by atomic mass is 16.5. The van der Waals surface area contributed by atoms with Gasteiger partial charge < -0.3 is 4.74 Å². The van der Waals surface area contributed by atoms with Gasteiger partial charge in [0.15, 0.2) is 0 Å². The first-order valence-corrected chi connectivity index (χ1v) is 11.3. The molecule has 1 aliphatic heterocycles. The van der Waals surface area contributed by atoms with Gasteiger partial charge in [-0.25, -0.2) is 0 Å². The predicted molar refractivity (Wildman–Crippen MR) is 146 cm³/mol. The number of para-hydroxylation sites is 1. The van der Waals surface area contributed by atoms with E-state index in [-0.39, 0.29) is 0 Å². The summed E-state index contributed by atoms with van der Waals surface area (Å²) < 4.78 is 6.34. The quantitative estimate of drug-likeness (QED) is 0.352. The smallest absolute Gasteiger partial charge is 0.135 e. The molecule has 2 rings (SSSR count). The second-order valence-corrected chi connectivity index (χ2v) is 7.23. The van der Waals surface area contributed by atoms with E-state index in [1.165, 1.54) is 0 Å². The van der Waals surface area contributed by atoms with Gasteiger partial charge in [-0.3, -0.25) is 0 Å². The van der Waals surface area contributed by atoms with Gasteiger partial charge in [0.1, 0.15) is 11.5 Å². The van der Waals surface area contributed by atoms with Gasteiger partial charge in [0, 0.05) is 16.7 Å². The molecular formula is C32H34O. The minimum atomic E-state index is 0.818. The van der Waals surface area contributed by atoms with Crippen molar-refractivity contribution in [3.05, 3.63) is 156 Å². The Balaban J connectivity index is 3.20. The van der Waals surface area contributed by atoms with Crippen LogP contribution in [0.2, 0.25) is 0 Å². The predicted octanol–water partition coefficient (Wildman–Crippen LogP) is 9.17. The number of allylic oxidation sites excluding steroid dienone is 19. The van der Waals surface area contributed by atoms with Gasteiger partial charge >= 0.3 is 0 Å². The van der Waals surface area contributed by atoms with Gasteiger partial charge in [-0.15, -0.1) is 0 Å². The highest BCUT2D eigenvalue weighted by Gasteiger charge is 2.26. The summed E-state index contributed by atoms with van der Waals surface area (Å²) in [6.45, 7) is 15.9. The fourth-order valence-electron chi connectivity index (χ4n) is 3.66. The zero-order chi connectivity index (χ0) is 24.1. The van der Waals surface area contributed by atoms with Crippen molar-refractivity contribution in [2.45, 2.75) is 27.7 Å². The molecule has 1 heterocycles. The van der Waals surface area contributed by atoms with Crippen LogP contribution in [0.3, 0.4) is 0 Å². The topological polar surface area (TPSA) is 9.23 Å². The third-order valence-corrected chi connectivity index (χ3v) is 4.91. The summed E-state index contributed by atoms with van der Waals surface area (Å²) in [6, 6.07) is 8.19.